The van der Waals surface area contributed by atoms with E-state index in [0.29, 0.717) is 28.4 Å². The first-order valence-electron chi connectivity index (χ1n) is 6.55. The quantitative estimate of drug-likeness (QED) is 0.732. The molecule has 1 aromatic carbocycles. The number of hydrogen-bond acceptors (Lipinski definition) is 5. The Morgan fingerprint density at radius 2 is 1.86 bits per heavy atom. The number of aryl methyl sites for hydroxylation is 1. The smallest absolute Gasteiger partial charge is 0.189 e. The molecule has 0 N–H and O–H groups in total. The lowest BCUT2D eigenvalue weighted by Gasteiger charge is -2.11. The van der Waals surface area contributed by atoms with Crippen molar-refractivity contribution in [2.45, 2.75) is 6.92 Å². The number of halogens is 1. The van der Waals surface area contributed by atoms with Crippen molar-refractivity contribution >= 4 is 23.4 Å². The van der Waals surface area contributed by atoms with E-state index < -0.39 is 0 Å². The third-order valence-electron chi connectivity index (χ3n) is 3.36. The molecule has 3 rings (SSSR count). The lowest BCUT2D eigenvalue weighted by Crippen LogP contribution is -1.94. The first kappa shape index (κ1) is 14.6. The molecule has 0 atom stereocenters. The zero-order valence-corrected chi connectivity index (χ0v) is 13.1. The highest BCUT2D eigenvalue weighted by Gasteiger charge is 2.21. The van der Waals surface area contributed by atoms with Crippen molar-refractivity contribution in [1.29, 1.82) is 0 Å². The van der Waals surface area contributed by atoms with Crippen molar-refractivity contribution in [2.75, 3.05) is 14.2 Å². The van der Waals surface area contributed by atoms with Gasteiger partial charge in [-0.3, -0.25) is 0 Å². The van der Waals surface area contributed by atoms with E-state index in [1.54, 1.807) is 20.4 Å². The van der Waals surface area contributed by atoms with Crippen molar-refractivity contribution < 1.29 is 13.4 Å². The Morgan fingerprint density at radius 3 is 2.45 bits per heavy atom. The zero-order chi connectivity index (χ0) is 15.7. The number of fused-ring (bicyclic) bond motifs is 1. The van der Waals surface area contributed by atoms with E-state index in [2.05, 4.69) is 10.1 Å². The Labute approximate surface area is 131 Å². The molecule has 0 aliphatic heterocycles. The van der Waals surface area contributed by atoms with Crippen LogP contribution in [0.5, 0.6) is 11.5 Å². The van der Waals surface area contributed by atoms with Crippen LogP contribution in [0.1, 0.15) is 5.56 Å². The van der Waals surface area contributed by atoms with E-state index in [1.807, 2.05) is 31.2 Å². The summed E-state index contributed by atoms with van der Waals surface area (Å²) < 4.78 is 25.1. The standard InChI is InChI=1S/C15H14FN3O2S/c1-9-7-10-14(18-19(22-16)15(10)17-8-9)13-11(20-2)5-4-6-12(13)21-3/h4-8H,1-3H3. The first-order valence-corrected chi connectivity index (χ1v) is 7.22. The van der Waals surface area contributed by atoms with Crippen molar-refractivity contribution in [1.82, 2.24) is 14.2 Å². The molecule has 0 fully saturated rings. The van der Waals surface area contributed by atoms with E-state index in [-0.39, 0.29) is 12.3 Å². The van der Waals surface area contributed by atoms with Gasteiger partial charge in [-0.2, -0.15) is 9.19 Å². The molecule has 2 aromatic heterocycles. The van der Waals surface area contributed by atoms with Crippen molar-refractivity contribution in [3.8, 4) is 22.8 Å². The van der Waals surface area contributed by atoms with E-state index >= 15 is 0 Å². The summed E-state index contributed by atoms with van der Waals surface area (Å²) in [6.07, 6.45) is 1.68. The number of hydrogen-bond donors (Lipinski definition) is 0. The Balaban J connectivity index is 2.38. The first-order chi connectivity index (χ1) is 10.7. The fourth-order valence-corrected chi connectivity index (χ4v) is 2.72. The largest absolute Gasteiger partial charge is 0.496 e. The second-order valence-electron chi connectivity index (χ2n) is 4.71. The van der Waals surface area contributed by atoms with Gasteiger partial charge in [0.1, 0.15) is 17.2 Å². The molecule has 0 radical (unpaired) electrons. The summed E-state index contributed by atoms with van der Waals surface area (Å²) in [4.78, 5) is 4.27. The van der Waals surface area contributed by atoms with Crippen LogP contribution in [-0.4, -0.2) is 28.4 Å². The molecule has 7 heteroatoms. The minimum absolute atomic E-state index is 0.00798. The lowest BCUT2D eigenvalue weighted by molar-refractivity contribution is 0.397. The summed E-state index contributed by atoms with van der Waals surface area (Å²) in [5, 5.41) is 5.06. The van der Waals surface area contributed by atoms with Gasteiger partial charge in [-0.05, 0) is 30.7 Å². The van der Waals surface area contributed by atoms with E-state index in [4.69, 9.17) is 9.47 Å². The molecule has 3 aromatic rings. The van der Waals surface area contributed by atoms with Crippen molar-refractivity contribution in [3.63, 3.8) is 0 Å². The molecule has 5 nitrogen and oxygen atoms in total. The molecule has 0 aliphatic carbocycles. The molecular formula is C15H14FN3O2S. The molecule has 0 aliphatic rings. The highest BCUT2D eigenvalue weighted by atomic mass is 32.2. The number of nitrogens with zero attached hydrogens (tertiary/aromatic N) is 3. The van der Waals surface area contributed by atoms with Gasteiger partial charge in [0.15, 0.2) is 18.0 Å². The third-order valence-corrected chi connectivity index (χ3v) is 3.75. The Morgan fingerprint density at radius 1 is 1.18 bits per heavy atom. The fraction of sp³-hybridized carbons (Fsp3) is 0.200. The summed E-state index contributed by atoms with van der Waals surface area (Å²) in [6, 6.07) is 7.38. The Bertz CT molecular complexity index is 813. The van der Waals surface area contributed by atoms with Crippen LogP contribution in [0.25, 0.3) is 22.3 Å². The van der Waals surface area contributed by atoms with Crippen molar-refractivity contribution in [3.05, 3.63) is 36.0 Å². The average Bonchev–Trinajstić information content (AvgIpc) is 2.91. The number of methoxy groups -OCH3 is 2. The van der Waals surface area contributed by atoms with Crippen molar-refractivity contribution in [2.24, 2.45) is 0 Å². The summed E-state index contributed by atoms with van der Waals surface area (Å²) >= 11 is 0.00798. The molecule has 0 spiro atoms. The molecule has 0 amide bonds. The van der Waals surface area contributed by atoms with Gasteiger partial charge in [0.25, 0.3) is 0 Å². The zero-order valence-electron chi connectivity index (χ0n) is 12.3. The second kappa shape index (κ2) is 5.84. The summed E-state index contributed by atoms with van der Waals surface area (Å²) in [5.41, 5.74) is 2.68. The minimum atomic E-state index is 0.00798. The number of pyridine rings is 1. The number of benzene rings is 1. The highest BCUT2D eigenvalue weighted by Crippen LogP contribution is 2.41. The summed E-state index contributed by atoms with van der Waals surface area (Å²) in [7, 11) is 3.15. The van der Waals surface area contributed by atoms with Crippen LogP contribution in [0.3, 0.4) is 0 Å². The maximum atomic E-state index is 13.2. The lowest BCUT2D eigenvalue weighted by atomic mass is 10.1. The van der Waals surface area contributed by atoms with Crippen LogP contribution >= 0.6 is 12.3 Å². The average molecular weight is 319 g/mol. The number of rotatable bonds is 4. The maximum absolute atomic E-state index is 13.2. The SMILES string of the molecule is COc1cccc(OC)c1-c1nn(SF)c2ncc(C)cc12. The monoisotopic (exact) mass is 319 g/mol. The van der Waals surface area contributed by atoms with Crippen LogP contribution in [0.2, 0.25) is 0 Å². The van der Waals surface area contributed by atoms with Gasteiger partial charge < -0.3 is 9.47 Å². The Kier molecular flexibility index (Phi) is 3.89. The second-order valence-corrected chi connectivity index (χ2v) is 5.20. The van der Waals surface area contributed by atoms with Gasteiger partial charge in [-0.25, -0.2) is 4.98 Å². The van der Waals surface area contributed by atoms with Gasteiger partial charge in [-0.15, -0.1) is 3.89 Å². The van der Waals surface area contributed by atoms with Gasteiger partial charge in [0, 0.05) is 11.6 Å². The summed E-state index contributed by atoms with van der Waals surface area (Å²) in [6.45, 7) is 1.93. The van der Waals surface area contributed by atoms with Crippen LogP contribution in [0, 0.1) is 6.92 Å². The van der Waals surface area contributed by atoms with Gasteiger partial charge >= 0.3 is 0 Å². The molecule has 0 saturated carbocycles. The molecule has 0 bridgehead atoms. The molecule has 22 heavy (non-hydrogen) atoms. The maximum Gasteiger partial charge on any atom is 0.189 e. The predicted molar refractivity (Wildman–Crippen MR) is 84.9 cm³/mol. The number of ether oxygens (including phenoxy) is 2. The number of aromatic nitrogens is 3. The molecular weight excluding hydrogens is 305 g/mol. The van der Waals surface area contributed by atoms with Gasteiger partial charge in [0.05, 0.1) is 19.8 Å². The van der Waals surface area contributed by atoms with E-state index in [0.717, 1.165) is 15.0 Å². The topological polar surface area (TPSA) is 49.2 Å². The van der Waals surface area contributed by atoms with Gasteiger partial charge in [0.2, 0.25) is 0 Å². The van der Waals surface area contributed by atoms with Crippen LogP contribution in [0.15, 0.2) is 30.5 Å². The van der Waals surface area contributed by atoms with E-state index in [9.17, 15) is 3.89 Å². The molecule has 0 unspecified atom stereocenters. The van der Waals surface area contributed by atoms with E-state index in [1.165, 1.54) is 0 Å². The summed E-state index contributed by atoms with van der Waals surface area (Å²) in [5.74, 6) is 1.22. The van der Waals surface area contributed by atoms with Crippen LogP contribution in [-0.2, 0) is 0 Å². The normalized spacial score (nSPS) is 10.9. The Hall–Kier alpha value is -2.28. The molecule has 114 valence electrons. The van der Waals surface area contributed by atoms with Crippen LogP contribution in [0.4, 0.5) is 3.89 Å². The van der Waals surface area contributed by atoms with Crippen LogP contribution < -0.4 is 9.47 Å². The predicted octanol–water partition coefficient (Wildman–Crippen LogP) is 3.80. The third kappa shape index (κ3) is 2.27. The highest BCUT2D eigenvalue weighted by molar-refractivity contribution is 7.92. The molecule has 2 heterocycles. The minimum Gasteiger partial charge on any atom is -0.496 e. The van der Waals surface area contributed by atoms with Gasteiger partial charge in [-0.1, -0.05) is 6.07 Å². The molecule has 0 saturated heterocycles. The fourth-order valence-electron chi connectivity index (χ4n) is 2.40.